The molecule has 0 aromatic heterocycles. The van der Waals surface area contributed by atoms with Gasteiger partial charge >= 0.3 is 22.8 Å². The van der Waals surface area contributed by atoms with E-state index in [1.54, 1.807) is 0 Å². The molecule has 18 heavy (non-hydrogen) atoms. The summed E-state index contributed by atoms with van der Waals surface area (Å²) in [7, 11) is -15.0. The zero-order chi connectivity index (χ0) is 14.1. The molecule has 6 N–H and O–H groups in total. The normalized spacial score (nSPS) is 14.2. The van der Waals surface area contributed by atoms with Crippen LogP contribution in [0, 0.1) is 5.21 Å². The van der Waals surface area contributed by atoms with E-state index in [1.165, 1.54) is 0 Å². The van der Waals surface area contributed by atoms with Gasteiger partial charge in [-0.25, -0.2) is 0 Å². The maximum atomic E-state index is 11.6. The van der Waals surface area contributed by atoms with E-state index in [2.05, 4.69) is 0 Å². The molecule has 0 unspecified atom stereocenters. The standard InChI is InChI=1S/C3H12NO10P3.K/c5-4(1-15(6,7)8,2-16(9,10)11)3-17(12,13)14;/h1-3H2,(H2,6,7,8)(H2,9,10,11)(H2,12,13,14);. The summed E-state index contributed by atoms with van der Waals surface area (Å²) in [5.41, 5.74) is 0. The molecule has 1 radical (unpaired) electrons. The minimum Gasteiger partial charge on any atom is -0.631 e. The first kappa shape index (κ1) is 22.3. The van der Waals surface area contributed by atoms with Crippen LogP contribution in [0.5, 0.6) is 0 Å². The van der Waals surface area contributed by atoms with Gasteiger partial charge in [-0.05, 0) is 0 Å². The Hall–Kier alpha value is 2.01. The van der Waals surface area contributed by atoms with Crippen LogP contribution < -0.4 is 0 Å². The van der Waals surface area contributed by atoms with Crippen LogP contribution in [-0.2, 0) is 13.7 Å². The number of rotatable bonds is 6. The predicted octanol–water partition coefficient (Wildman–Crippen LogP) is -1.67. The number of hydrogen-bond donors (Lipinski definition) is 6. The van der Waals surface area contributed by atoms with Gasteiger partial charge < -0.3 is 39.2 Å². The van der Waals surface area contributed by atoms with Crippen molar-refractivity contribution < 1.29 is 47.7 Å². The molecule has 0 fully saturated rings. The van der Waals surface area contributed by atoms with Crippen LogP contribution in [0.2, 0.25) is 0 Å². The summed E-state index contributed by atoms with van der Waals surface area (Å²) in [4.78, 5) is 51.2. The van der Waals surface area contributed by atoms with Gasteiger partial charge in [-0.15, -0.1) is 0 Å². The fraction of sp³-hybridized carbons (Fsp3) is 1.00. The van der Waals surface area contributed by atoms with E-state index in [0.29, 0.717) is 0 Å². The van der Waals surface area contributed by atoms with Crippen LogP contribution in [0.25, 0.3) is 0 Å². The second kappa shape index (κ2) is 7.32. The largest absolute Gasteiger partial charge is 0.631 e. The van der Waals surface area contributed by atoms with E-state index in [1.807, 2.05) is 0 Å². The van der Waals surface area contributed by atoms with Gasteiger partial charge in [0, 0.05) is 51.4 Å². The topological polar surface area (TPSA) is 196 Å². The van der Waals surface area contributed by atoms with Crippen LogP contribution in [0.15, 0.2) is 0 Å². The monoisotopic (exact) mass is 354 g/mol. The summed E-state index contributed by atoms with van der Waals surface area (Å²) >= 11 is 0. The molecule has 0 heterocycles. The molecule has 11 nitrogen and oxygen atoms in total. The molecule has 0 aromatic rings. The summed E-state index contributed by atoms with van der Waals surface area (Å²) in [5.74, 6) is 0. The van der Waals surface area contributed by atoms with Gasteiger partial charge in [0.05, 0.1) is 0 Å². The molecule has 15 heteroatoms. The van der Waals surface area contributed by atoms with Crippen molar-refractivity contribution in [2.45, 2.75) is 0 Å². The second-order valence-corrected chi connectivity index (χ2v) is 8.31. The molecule has 0 aliphatic rings. The average molecular weight is 354 g/mol. The Morgan fingerprint density at radius 3 is 1.00 bits per heavy atom. The maximum Gasteiger partial charge on any atom is 0.379 e. The third-order valence-electron chi connectivity index (χ3n) is 1.33. The first-order valence-corrected chi connectivity index (χ1v) is 9.22. The second-order valence-electron chi connectivity index (χ2n) is 3.48. The number of quaternary nitrogens is 1. The molecule has 0 saturated heterocycles. The van der Waals surface area contributed by atoms with Crippen LogP contribution in [0.1, 0.15) is 0 Å². The SMILES string of the molecule is O=P(O)(O)C[N+]([O-])(CP(=O)(O)O)CP(=O)(O)O.[K]. The van der Waals surface area contributed by atoms with E-state index in [-0.39, 0.29) is 51.4 Å². The molecule has 0 amide bonds. The minimum atomic E-state index is -4.99. The summed E-state index contributed by atoms with van der Waals surface area (Å²) in [6.45, 7) is 0. The van der Waals surface area contributed by atoms with E-state index in [4.69, 9.17) is 29.4 Å². The molecule has 0 bridgehead atoms. The number of hydrogen-bond acceptors (Lipinski definition) is 4. The zero-order valence-corrected chi connectivity index (χ0v) is 15.0. The van der Waals surface area contributed by atoms with Gasteiger partial charge in [0.1, 0.15) is 0 Å². The van der Waals surface area contributed by atoms with Gasteiger partial charge in [-0.1, -0.05) is 0 Å². The van der Waals surface area contributed by atoms with Crippen molar-refractivity contribution in [3.63, 3.8) is 0 Å². The third-order valence-corrected chi connectivity index (χ3v) is 3.98. The van der Waals surface area contributed by atoms with Crippen molar-refractivity contribution in [3.8, 4) is 0 Å². The van der Waals surface area contributed by atoms with Gasteiger partial charge in [-0.3, -0.25) is 13.7 Å². The Morgan fingerprint density at radius 1 is 0.722 bits per heavy atom. The van der Waals surface area contributed by atoms with Gasteiger partial charge in [-0.2, -0.15) is 0 Å². The van der Waals surface area contributed by atoms with Crippen molar-refractivity contribution in [1.29, 1.82) is 0 Å². The first-order chi connectivity index (χ1) is 7.12. The quantitative estimate of drug-likeness (QED) is 0.139. The molecular formula is C3H12KNO10P3. The summed E-state index contributed by atoms with van der Waals surface area (Å²) in [6, 6.07) is 0. The van der Waals surface area contributed by atoms with Crippen LogP contribution in [-0.4, -0.2) is 104 Å². The third kappa shape index (κ3) is 13.0. The van der Waals surface area contributed by atoms with E-state index >= 15 is 0 Å². The Balaban J connectivity index is 0. The van der Waals surface area contributed by atoms with E-state index in [0.717, 1.165) is 0 Å². The summed E-state index contributed by atoms with van der Waals surface area (Å²) in [6.07, 6.45) is -4.87. The summed E-state index contributed by atoms with van der Waals surface area (Å²) < 4.78 is 29.4. The van der Waals surface area contributed by atoms with E-state index in [9.17, 15) is 18.9 Å². The van der Waals surface area contributed by atoms with Crippen LogP contribution >= 0.6 is 22.8 Å². The Labute approximate surface area is 144 Å². The molecule has 0 spiro atoms. The first-order valence-electron chi connectivity index (χ1n) is 3.83. The molecular weight excluding hydrogens is 342 g/mol. The van der Waals surface area contributed by atoms with Crippen molar-refractivity contribution in [1.82, 2.24) is 0 Å². The molecule has 0 atom stereocenters. The summed E-state index contributed by atoms with van der Waals surface area (Å²) in [5, 5.41) is 11.6. The smallest absolute Gasteiger partial charge is 0.379 e. The van der Waals surface area contributed by atoms with Crippen molar-refractivity contribution in [2.24, 2.45) is 0 Å². The number of hydroxylamine groups is 3. The fourth-order valence-corrected chi connectivity index (χ4v) is 4.23. The van der Waals surface area contributed by atoms with Crippen LogP contribution in [0.3, 0.4) is 0 Å². The van der Waals surface area contributed by atoms with Crippen LogP contribution in [0.4, 0.5) is 0 Å². The molecule has 0 aromatic carbocycles. The molecule has 105 valence electrons. The molecule has 0 aliphatic carbocycles. The fourth-order valence-electron chi connectivity index (χ4n) is 1.14. The van der Waals surface area contributed by atoms with Gasteiger partial charge in [0.25, 0.3) is 0 Å². The Bertz CT molecular complexity index is 347. The molecule has 0 rings (SSSR count). The van der Waals surface area contributed by atoms with Crippen molar-refractivity contribution >= 4 is 74.2 Å². The number of nitrogens with zero attached hydrogens (tertiary/aromatic N) is 1. The predicted molar refractivity (Wildman–Crippen MR) is 60.1 cm³/mol. The Kier molecular flexibility index (Phi) is 9.07. The van der Waals surface area contributed by atoms with E-state index < -0.39 is 46.3 Å². The van der Waals surface area contributed by atoms with Crippen molar-refractivity contribution in [2.75, 3.05) is 18.9 Å². The zero-order valence-electron chi connectivity index (χ0n) is 9.23. The maximum absolute atomic E-state index is 11.6. The minimum absolute atomic E-state index is 0. The molecule has 0 saturated carbocycles. The Morgan fingerprint density at radius 2 is 0.889 bits per heavy atom. The average Bonchev–Trinajstić information content (AvgIpc) is 1.65. The van der Waals surface area contributed by atoms with Crippen molar-refractivity contribution in [3.05, 3.63) is 5.21 Å². The van der Waals surface area contributed by atoms with Gasteiger partial charge in [0.15, 0.2) is 18.9 Å². The van der Waals surface area contributed by atoms with Gasteiger partial charge in [0.2, 0.25) is 0 Å². The molecule has 0 aliphatic heterocycles.